The fraction of sp³-hybridized carbons (Fsp3) is 0.421. The van der Waals surface area contributed by atoms with E-state index in [1.165, 1.54) is 0 Å². The van der Waals surface area contributed by atoms with Crippen LogP contribution in [0.5, 0.6) is 5.75 Å². The summed E-state index contributed by atoms with van der Waals surface area (Å²) in [7, 11) is 1.61. The summed E-state index contributed by atoms with van der Waals surface area (Å²) >= 11 is 0. The molecule has 0 unspecified atom stereocenters. The first-order valence-electron chi connectivity index (χ1n) is 8.52. The molecular weight excluding hydrogens is 318 g/mol. The van der Waals surface area contributed by atoms with Crippen LogP contribution in [0.15, 0.2) is 29.1 Å². The van der Waals surface area contributed by atoms with Gasteiger partial charge in [0.1, 0.15) is 11.6 Å². The van der Waals surface area contributed by atoms with Crippen LogP contribution in [-0.4, -0.2) is 34.4 Å². The van der Waals surface area contributed by atoms with E-state index in [1.54, 1.807) is 12.0 Å². The molecule has 0 atom stereocenters. The van der Waals surface area contributed by atoms with E-state index in [4.69, 9.17) is 4.74 Å². The predicted molar refractivity (Wildman–Crippen MR) is 95.4 cm³/mol. The van der Waals surface area contributed by atoms with E-state index in [-0.39, 0.29) is 11.5 Å². The first kappa shape index (κ1) is 17.2. The minimum Gasteiger partial charge on any atom is -0.497 e. The maximum absolute atomic E-state index is 12.4. The Morgan fingerprint density at radius 3 is 2.68 bits per heavy atom. The van der Waals surface area contributed by atoms with E-state index < -0.39 is 0 Å². The van der Waals surface area contributed by atoms with Gasteiger partial charge in [-0.05, 0) is 36.6 Å². The summed E-state index contributed by atoms with van der Waals surface area (Å²) in [5.74, 6) is 1.70. The van der Waals surface area contributed by atoms with Crippen LogP contribution in [0.2, 0.25) is 0 Å². The molecule has 0 bridgehead atoms. The van der Waals surface area contributed by atoms with Crippen molar-refractivity contribution in [3.05, 3.63) is 45.9 Å². The van der Waals surface area contributed by atoms with Crippen LogP contribution in [-0.2, 0) is 17.8 Å². The van der Waals surface area contributed by atoms with Gasteiger partial charge in [0.2, 0.25) is 5.91 Å². The summed E-state index contributed by atoms with van der Waals surface area (Å²) in [5.41, 5.74) is 2.07. The number of hydrogen-bond acceptors (Lipinski definition) is 4. The van der Waals surface area contributed by atoms with Gasteiger partial charge in [-0.2, -0.15) is 0 Å². The van der Waals surface area contributed by atoms with Crippen LogP contribution in [0, 0.1) is 5.92 Å². The molecule has 1 aliphatic heterocycles. The number of carbonyl (C=O) groups excluding carboxylic acids is 1. The lowest BCUT2D eigenvalue weighted by molar-refractivity contribution is -0.132. The van der Waals surface area contributed by atoms with Gasteiger partial charge >= 0.3 is 0 Å². The summed E-state index contributed by atoms with van der Waals surface area (Å²) < 4.78 is 5.15. The third-order valence-corrected chi connectivity index (χ3v) is 4.37. The Balaban J connectivity index is 1.89. The lowest BCUT2D eigenvalue weighted by Gasteiger charge is -2.28. The molecule has 25 heavy (non-hydrogen) atoms. The van der Waals surface area contributed by atoms with Crippen LogP contribution >= 0.6 is 0 Å². The van der Waals surface area contributed by atoms with Crippen LogP contribution in [0.1, 0.15) is 31.5 Å². The molecule has 3 rings (SSSR count). The Labute approximate surface area is 146 Å². The molecule has 0 saturated carbocycles. The summed E-state index contributed by atoms with van der Waals surface area (Å²) in [5, 5.41) is 0. The lowest BCUT2D eigenvalue weighted by Crippen LogP contribution is -2.39. The molecule has 0 aliphatic carbocycles. The van der Waals surface area contributed by atoms with Gasteiger partial charge < -0.3 is 14.6 Å². The number of methoxy groups -OCH3 is 1. The second-order valence-corrected chi connectivity index (χ2v) is 6.73. The third-order valence-electron chi connectivity index (χ3n) is 4.37. The van der Waals surface area contributed by atoms with E-state index in [1.807, 2.05) is 38.1 Å². The number of nitrogens with one attached hydrogen (secondary N) is 1. The number of aromatic nitrogens is 2. The normalized spacial score (nSPS) is 13.7. The highest BCUT2D eigenvalue weighted by atomic mass is 16.5. The quantitative estimate of drug-likeness (QED) is 0.926. The monoisotopic (exact) mass is 341 g/mol. The summed E-state index contributed by atoms with van der Waals surface area (Å²) in [6, 6.07) is 7.36. The SMILES string of the molecule is COc1ccc(-c2nc3c(c(=O)[nH]2)CCN(C(=O)CC(C)C)C3)cc1. The Kier molecular flexibility index (Phi) is 4.88. The maximum atomic E-state index is 12.4. The van der Waals surface area contributed by atoms with Crippen molar-refractivity contribution in [1.29, 1.82) is 0 Å². The summed E-state index contributed by atoms with van der Waals surface area (Å²) in [6.07, 6.45) is 1.06. The van der Waals surface area contributed by atoms with Gasteiger partial charge in [-0.15, -0.1) is 0 Å². The zero-order valence-corrected chi connectivity index (χ0v) is 14.8. The third kappa shape index (κ3) is 3.73. The van der Waals surface area contributed by atoms with Crippen molar-refractivity contribution in [3.8, 4) is 17.1 Å². The van der Waals surface area contributed by atoms with Gasteiger partial charge in [-0.1, -0.05) is 13.8 Å². The number of aromatic amines is 1. The van der Waals surface area contributed by atoms with Gasteiger partial charge in [0, 0.05) is 24.1 Å². The number of amides is 1. The van der Waals surface area contributed by atoms with Crippen molar-refractivity contribution < 1.29 is 9.53 Å². The van der Waals surface area contributed by atoms with Gasteiger partial charge in [-0.3, -0.25) is 9.59 Å². The Hall–Kier alpha value is -2.63. The Morgan fingerprint density at radius 2 is 2.04 bits per heavy atom. The zero-order chi connectivity index (χ0) is 18.0. The number of ether oxygens (including phenoxy) is 1. The van der Waals surface area contributed by atoms with Crippen molar-refractivity contribution in [2.45, 2.75) is 33.2 Å². The number of benzene rings is 1. The van der Waals surface area contributed by atoms with E-state index in [0.29, 0.717) is 48.9 Å². The summed E-state index contributed by atoms with van der Waals surface area (Å²) in [6.45, 7) is 5.03. The minimum absolute atomic E-state index is 0.119. The molecule has 1 amide bonds. The predicted octanol–water partition coefficient (Wildman–Crippen LogP) is 2.38. The summed E-state index contributed by atoms with van der Waals surface area (Å²) in [4.78, 5) is 34.0. The standard InChI is InChI=1S/C19H23N3O3/c1-12(2)10-17(23)22-9-8-15-16(11-22)20-18(21-19(15)24)13-4-6-14(25-3)7-5-13/h4-7,12H,8-11H2,1-3H3,(H,20,21,24). The first-order valence-corrected chi connectivity index (χ1v) is 8.52. The van der Waals surface area contributed by atoms with Crippen molar-refractivity contribution >= 4 is 5.91 Å². The van der Waals surface area contributed by atoms with E-state index in [9.17, 15) is 9.59 Å². The smallest absolute Gasteiger partial charge is 0.254 e. The van der Waals surface area contributed by atoms with Crippen molar-refractivity contribution in [2.75, 3.05) is 13.7 Å². The van der Waals surface area contributed by atoms with Crippen LogP contribution in [0.25, 0.3) is 11.4 Å². The Morgan fingerprint density at radius 1 is 1.32 bits per heavy atom. The van der Waals surface area contributed by atoms with Crippen molar-refractivity contribution in [3.63, 3.8) is 0 Å². The molecule has 0 spiro atoms. The first-order chi connectivity index (χ1) is 12.0. The highest BCUT2D eigenvalue weighted by Crippen LogP contribution is 2.21. The van der Waals surface area contributed by atoms with Gasteiger partial charge in [0.15, 0.2) is 0 Å². The highest BCUT2D eigenvalue weighted by Gasteiger charge is 2.24. The van der Waals surface area contributed by atoms with Gasteiger partial charge in [-0.25, -0.2) is 4.98 Å². The average molecular weight is 341 g/mol. The van der Waals surface area contributed by atoms with Crippen molar-refractivity contribution in [1.82, 2.24) is 14.9 Å². The minimum atomic E-state index is -0.119. The molecule has 0 radical (unpaired) electrons. The molecule has 2 aromatic rings. The molecule has 6 heteroatoms. The van der Waals surface area contributed by atoms with E-state index in [0.717, 1.165) is 11.3 Å². The molecule has 132 valence electrons. The number of H-pyrrole nitrogens is 1. The zero-order valence-electron chi connectivity index (χ0n) is 14.8. The molecule has 0 fully saturated rings. The average Bonchev–Trinajstić information content (AvgIpc) is 2.60. The van der Waals surface area contributed by atoms with Crippen LogP contribution < -0.4 is 10.3 Å². The van der Waals surface area contributed by atoms with Gasteiger partial charge in [0.25, 0.3) is 5.56 Å². The maximum Gasteiger partial charge on any atom is 0.254 e. The molecule has 1 aromatic heterocycles. The van der Waals surface area contributed by atoms with Gasteiger partial charge in [0.05, 0.1) is 19.3 Å². The largest absolute Gasteiger partial charge is 0.497 e. The fourth-order valence-corrected chi connectivity index (χ4v) is 3.02. The molecular formula is C19H23N3O3. The molecule has 1 aliphatic rings. The van der Waals surface area contributed by atoms with Crippen molar-refractivity contribution in [2.24, 2.45) is 5.92 Å². The molecule has 0 saturated heterocycles. The van der Waals surface area contributed by atoms with E-state index >= 15 is 0 Å². The van der Waals surface area contributed by atoms with E-state index in [2.05, 4.69) is 9.97 Å². The molecule has 2 heterocycles. The van der Waals surface area contributed by atoms with Crippen LogP contribution in [0.4, 0.5) is 0 Å². The number of fused-ring (bicyclic) bond motifs is 1. The second kappa shape index (κ2) is 7.09. The fourth-order valence-electron chi connectivity index (χ4n) is 3.02. The number of carbonyl (C=O) groups is 1. The Bertz CT molecular complexity index is 825. The molecule has 1 aromatic carbocycles. The highest BCUT2D eigenvalue weighted by molar-refractivity contribution is 5.76. The van der Waals surface area contributed by atoms with Crippen LogP contribution in [0.3, 0.4) is 0 Å². The second-order valence-electron chi connectivity index (χ2n) is 6.73. The topological polar surface area (TPSA) is 75.3 Å². The number of rotatable bonds is 4. The number of nitrogens with zero attached hydrogens (tertiary/aromatic N) is 2. The number of hydrogen-bond donors (Lipinski definition) is 1. The lowest BCUT2D eigenvalue weighted by atomic mass is 10.0. The molecule has 1 N–H and O–H groups in total. The molecule has 6 nitrogen and oxygen atoms in total.